The van der Waals surface area contributed by atoms with Crippen LogP contribution in [0.3, 0.4) is 0 Å². The largest absolute Gasteiger partial charge is 0.453 e. The lowest BCUT2D eigenvalue weighted by atomic mass is 9.98. The van der Waals surface area contributed by atoms with Crippen molar-refractivity contribution in [3.05, 3.63) is 155 Å². The molecule has 0 unspecified atom stereocenters. The van der Waals surface area contributed by atoms with Gasteiger partial charge in [-0.1, -0.05) is 115 Å². The van der Waals surface area contributed by atoms with Gasteiger partial charge in [-0.2, -0.15) is 0 Å². The summed E-state index contributed by atoms with van der Waals surface area (Å²) in [7, 11) is 1.25. The predicted molar refractivity (Wildman–Crippen MR) is 240 cm³/mol. The van der Waals surface area contributed by atoms with Crippen LogP contribution in [0.15, 0.2) is 127 Å². The minimum absolute atomic E-state index is 0.0584. The summed E-state index contributed by atoms with van der Waals surface area (Å²) in [5, 5.41) is 7.47. The fraction of sp³-hybridized carbons (Fsp3) is 0.294. The number of benzene rings is 5. The number of carbonyl (C=O) groups excluding carboxylic acids is 6. The highest BCUT2D eigenvalue weighted by Gasteiger charge is 2.39. The van der Waals surface area contributed by atoms with Crippen LogP contribution in [0.4, 0.5) is 4.79 Å². The monoisotopic (exact) mass is 845 g/mol. The molecule has 63 heavy (non-hydrogen) atoms. The van der Waals surface area contributed by atoms with E-state index in [9.17, 15) is 28.8 Å². The van der Waals surface area contributed by atoms with Gasteiger partial charge in [0.1, 0.15) is 12.1 Å². The second-order valence-corrected chi connectivity index (χ2v) is 16.5. The zero-order chi connectivity index (χ0) is 44.0. The number of methoxy groups -OCH3 is 1. The molecule has 0 bridgehead atoms. The summed E-state index contributed by atoms with van der Waals surface area (Å²) in [6.07, 6.45) is 1.94. The average molecular weight is 846 g/mol. The lowest BCUT2D eigenvalue weighted by Gasteiger charge is -2.28. The zero-order valence-corrected chi connectivity index (χ0v) is 35.5. The topological polar surface area (TPSA) is 147 Å². The standard InChI is InChI=1S/C51H51N5O7/c1-33(57)52-47(37-16-8-4-9-17-37)49(60)54-26-12-20-41(54)45(58)30-35-22-24-39-40-25-23-36(29-44(40)56(43(39)28-35)32-34-14-6-3-7-15-34)31-46(59)42-21-13-27-55(42)50(61)48(53-51(62)63-2)38-18-10-5-11-19-38/h3-11,14-19,22-25,28-29,41-42,47-48H,12-13,20-21,26-27,30-32H2,1-2H3,(H,52,57)(H,53,62)/t41-,42-,47+,48+/m0/s1. The number of nitrogens with zero attached hydrogens (tertiary/aromatic N) is 3. The summed E-state index contributed by atoms with van der Waals surface area (Å²) in [6.45, 7) is 2.76. The Morgan fingerprint density at radius 1 is 0.587 bits per heavy atom. The second-order valence-electron chi connectivity index (χ2n) is 16.5. The third kappa shape index (κ3) is 9.25. The minimum Gasteiger partial charge on any atom is -0.453 e. The predicted octanol–water partition coefficient (Wildman–Crippen LogP) is 7.02. The summed E-state index contributed by atoms with van der Waals surface area (Å²) in [5.74, 6) is -1.11. The van der Waals surface area contributed by atoms with Gasteiger partial charge in [0.25, 0.3) is 5.91 Å². The molecule has 322 valence electrons. The zero-order valence-electron chi connectivity index (χ0n) is 35.5. The van der Waals surface area contributed by atoms with E-state index < -0.39 is 30.3 Å². The Bertz CT molecular complexity index is 2660. The third-order valence-corrected chi connectivity index (χ3v) is 12.3. The molecule has 6 aromatic rings. The van der Waals surface area contributed by atoms with Gasteiger partial charge in [0.2, 0.25) is 11.8 Å². The van der Waals surface area contributed by atoms with Crippen LogP contribution in [0.2, 0.25) is 0 Å². The van der Waals surface area contributed by atoms with Crippen molar-refractivity contribution in [3.63, 3.8) is 0 Å². The van der Waals surface area contributed by atoms with Crippen LogP contribution in [0.5, 0.6) is 0 Å². The molecule has 1 aromatic heterocycles. The van der Waals surface area contributed by atoms with Crippen molar-refractivity contribution in [1.29, 1.82) is 0 Å². The summed E-state index contributed by atoms with van der Waals surface area (Å²) >= 11 is 0. The van der Waals surface area contributed by atoms with Gasteiger partial charge in [0.05, 0.1) is 19.2 Å². The number of likely N-dealkylation sites (tertiary alicyclic amines) is 2. The van der Waals surface area contributed by atoms with Crippen molar-refractivity contribution >= 4 is 57.2 Å². The van der Waals surface area contributed by atoms with Crippen molar-refractivity contribution in [2.45, 2.75) is 76.2 Å². The maximum Gasteiger partial charge on any atom is 0.407 e. The van der Waals surface area contributed by atoms with Crippen LogP contribution < -0.4 is 10.6 Å². The van der Waals surface area contributed by atoms with Crippen LogP contribution in [-0.4, -0.2) is 82.0 Å². The SMILES string of the molecule is COC(=O)N[C@@H](C(=O)N1CCC[C@H]1C(=O)Cc1ccc2c3ccc(CC(=O)[C@@H]4CCCN4C(=O)[C@H](NC(C)=O)c4ccccc4)cc3n(Cc3ccccc3)c2c1)c1ccccc1. The van der Waals surface area contributed by atoms with E-state index >= 15 is 0 Å². The van der Waals surface area contributed by atoms with E-state index in [2.05, 4.69) is 33.4 Å². The highest BCUT2D eigenvalue weighted by Crippen LogP contribution is 2.33. The molecule has 0 aliphatic carbocycles. The van der Waals surface area contributed by atoms with Crippen LogP contribution >= 0.6 is 0 Å². The van der Waals surface area contributed by atoms with Crippen molar-refractivity contribution in [2.75, 3.05) is 20.2 Å². The Balaban J connectivity index is 1.05. The number of Topliss-reactive ketones (excluding diaryl/α,β-unsaturated/α-hetero) is 2. The number of amides is 4. The van der Waals surface area contributed by atoms with Gasteiger partial charge in [0.15, 0.2) is 11.6 Å². The van der Waals surface area contributed by atoms with Crippen LogP contribution in [-0.2, 0) is 48.1 Å². The molecule has 4 atom stereocenters. The van der Waals surface area contributed by atoms with Crippen LogP contribution in [0.1, 0.15) is 72.5 Å². The van der Waals surface area contributed by atoms with Crippen molar-refractivity contribution in [2.24, 2.45) is 0 Å². The van der Waals surface area contributed by atoms with Crippen molar-refractivity contribution < 1.29 is 33.5 Å². The number of carbonyl (C=O) groups is 6. The Hall–Kier alpha value is -7.08. The maximum atomic E-state index is 14.1. The smallest absolute Gasteiger partial charge is 0.407 e. The summed E-state index contributed by atoms with van der Waals surface area (Å²) in [6, 6.07) is 37.1. The van der Waals surface area contributed by atoms with E-state index in [-0.39, 0.29) is 42.1 Å². The molecule has 2 saturated heterocycles. The van der Waals surface area contributed by atoms with Crippen molar-refractivity contribution in [3.8, 4) is 0 Å². The van der Waals surface area contributed by atoms with Crippen molar-refractivity contribution in [1.82, 2.24) is 25.0 Å². The first-order valence-corrected chi connectivity index (χ1v) is 21.5. The van der Waals surface area contributed by atoms with Gasteiger partial charge in [-0.25, -0.2) is 4.79 Å². The first-order chi connectivity index (χ1) is 30.6. The molecule has 12 heteroatoms. The molecule has 2 aliphatic heterocycles. The van der Waals surface area contributed by atoms with Crippen LogP contribution in [0, 0.1) is 0 Å². The second kappa shape index (κ2) is 18.9. The van der Waals surface area contributed by atoms with E-state index in [0.717, 1.165) is 38.5 Å². The Morgan fingerprint density at radius 2 is 1.03 bits per heavy atom. The summed E-state index contributed by atoms with van der Waals surface area (Å²) in [5.41, 5.74) is 5.85. The van der Waals surface area contributed by atoms with E-state index in [1.807, 2.05) is 72.8 Å². The third-order valence-electron chi connectivity index (χ3n) is 12.3. The number of hydrogen-bond donors (Lipinski definition) is 2. The molecule has 2 N–H and O–H groups in total. The van der Waals surface area contributed by atoms with Gasteiger partial charge in [0, 0.05) is 61.2 Å². The summed E-state index contributed by atoms with van der Waals surface area (Å²) in [4.78, 5) is 84.0. The number of fused-ring (bicyclic) bond motifs is 3. The number of nitrogens with one attached hydrogen (secondary N) is 2. The maximum absolute atomic E-state index is 14.1. The van der Waals surface area contributed by atoms with E-state index in [0.29, 0.717) is 56.4 Å². The number of rotatable bonds is 14. The Morgan fingerprint density at radius 3 is 1.48 bits per heavy atom. The fourth-order valence-electron chi connectivity index (χ4n) is 9.29. The molecule has 0 saturated carbocycles. The quantitative estimate of drug-likeness (QED) is 0.120. The van der Waals surface area contributed by atoms with E-state index in [4.69, 9.17) is 4.74 Å². The highest BCUT2D eigenvalue weighted by atomic mass is 16.5. The number of aromatic nitrogens is 1. The van der Waals surface area contributed by atoms with Gasteiger partial charge in [-0.3, -0.25) is 24.0 Å². The van der Waals surface area contributed by atoms with Gasteiger partial charge >= 0.3 is 6.09 Å². The lowest BCUT2D eigenvalue weighted by Crippen LogP contribution is -2.47. The van der Waals surface area contributed by atoms with Crippen LogP contribution in [0.25, 0.3) is 21.8 Å². The van der Waals surface area contributed by atoms with E-state index in [1.165, 1.54) is 14.0 Å². The fourth-order valence-corrected chi connectivity index (χ4v) is 9.29. The molecule has 2 fully saturated rings. The molecule has 0 spiro atoms. The molecule has 8 rings (SSSR count). The van der Waals surface area contributed by atoms with E-state index in [1.54, 1.807) is 46.2 Å². The average Bonchev–Trinajstić information content (AvgIpc) is 4.07. The van der Waals surface area contributed by atoms with Gasteiger partial charge < -0.3 is 29.7 Å². The number of hydrogen-bond acceptors (Lipinski definition) is 7. The number of alkyl carbamates (subject to hydrolysis) is 1. The molecular weight excluding hydrogens is 795 g/mol. The van der Waals surface area contributed by atoms with Gasteiger partial charge in [-0.05, 0) is 65.6 Å². The first kappa shape index (κ1) is 42.6. The number of ether oxygens (including phenoxy) is 1. The molecule has 4 amide bonds. The van der Waals surface area contributed by atoms with Gasteiger partial charge in [-0.15, -0.1) is 0 Å². The molecule has 5 aromatic carbocycles. The summed E-state index contributed by atoms with van der Waals surface area (Å²) < 4.78 is 7.05. The molecular formula is C51H51N5O7. The molecule has 3 heterocycles. The lowest BCUT2D eigenvalue weighted by molar-refractivity contribution is -0.140. The highest BCUT2D eigenvalue weighted by molar-refractivity contribution is 6.09. The Labute approximate surface area is 366 Å². The Kier molecular flexibility index (Phi) is 12.8. The normalized spacial score (nSPS) is 17.0. The first-order valence-electron chi connectivity index (χ1n) is 21.5. The molecule has 0 radical (unpaired) electrons. The number of ketones is 2. The molecule has 12 nitrogen and oxygen atoms in total. The molecule has 2 aliphatic rings. The minimum atomic E-state index is -1.00.